The maximum absolute atomic E-state index is 11.1. The molecule has 6 nitrogen and oxygen atoms in total. The predicted molar refractivity (Wildman–Crippen MR) is 78.4 cm³/mol. The van der Waals surface area contributed by atoms with E-state index in [1.54, 1.807) is 17.0 Å². The second-order valence-corrected chi connectivity index (χ2v) is 5.05. The average Bonchev–Trinajstić information content (AvgIpc) is 2.33. The van der Waals surface area contributed by atoms with Crippen LogP contribution < -0.4 is 10.6 Å². The standard InChI is InChI=1S/C13H18ClN3O3/c1-16(2)5-6-17(8-12(18)19)9-3-4-10(13(15)20)11(14)7-9/h3-4,7H,5-6,8H2,1-2H3,(H2,15,20)(H,18,19). The third kappa shape index (κ3) is 4.71. The number of primary amides is 1. The molecule has 0 aliphatic heterocycles. The van der Waals surface area contributed by atoms with E-state index in [9.17, 15) is 9.59 Å². The van der Waals surface area contributed by atoms with Crippen LogP contribution in [0.5, 0.6) is 0 Å². The first-order valence-electron chi connectivity index (χ1n) is 6.02. The van der Waals surface area contributed by atoms with Gasteiger partial charge >= 0.3 is 5.97 Å². The van der Waals surface area contributed by atoms with Gasteiger partial charge < -0.3 is 20.6 Å². The lowest BCUT2D eigenvalue weighted by molar-refractivity contribution is -0.135. The lowest BCUT2D eigenvalue weighted by Gasteiger charge is -2.25. The van der Waals surface area contributed by atoms with Crippen LogP contribution in [0.3, 0.4) is 0 Å². The fourth-order valence-electron chi connectivity index (χ4n) is 1.68. The van der Waals surface area contributed by atoms with Crippen LogP contribution in [0.15, 0.2) is 18.2 Å². The topological polar surface area (TPSA) is 86.9 Å². The first kappa shape index (κ1) is 16.3. The SMILES string of the molecule is CN(C)CCN(CC(=O)O)c1ccc(C(N)=O)c(Cl)c1. The van der Waals surface area contributed by atoms with Crippen molar-refractivity contribution in [3.05, 3.63) is 28.8 Å². The highest BCUT2D eigenvalue weighted by atomic mass is 35.5. The van der Waals surface area contributed by atoms with E-state index in [-0.39, 0.29) is 17.1 Å². The van der Waals surface area contributed by atoms with Crippen molar-refractivity contribution >= 4 is 29.2 Å². The van der Waals surface area contributed by atoms with Crippen LogP contribution in [-0.4, -0.2) is 55.6 Å². The molecule has 3 N–H and O–H groups in total. The summed E-state index contributed by atoms with van der Waals surface area (Å²) < 4.78 is 0. The van der Waals surface area contributed by atoms with Gasteiger partial charge in [0.05, 0.1) is 10.6 Å². The number of hydrogen-bond acceptors (Lipinski definition) is 4. The number of nitrogens with zero attached hydrogens (tertiary/aromatic N) is 2. The molecule has 0 radical (unpaired) electrons. The summed E-state index contributed by atoms with van der Waals surface area (Å²) in [6, 6.07) is 4.70. The van der Waals surface area contributed by atoms with Crippen molar-refractivity contribution < 1.29 is 14.7 Å². The van der Waals surface area contributed by atoms with Crippen molar-refractivity contribution in [1.29, 1.82) is 0 Å². The number of carbonyl (C=O) groups excluding carboxylic acids is 1. The van der Waals surface area contributed by atoms with Gasteiger partial charge in [-0.25, -0.2) is 0 Å². The van der Waals surface area contributed by atoms with Gasteiger partial charge in [0.2, 0.25) is 5.91 Å². The molecule has 0 aliphatic carbocycles. The lowest BCUT2D eigenvalue weighted by Crippen LogP contribution is -2.35. The first-order chi connectivity index (χ1) is 9.31. The number of nitrogens with two attached hydrogens (primary N) is 1. The number of carboxylic acids is 1. The highest BCUT2D eigenvalue weighted by molar-refractivity contribution is 6.34. The minimum Gasteiger partial charge on any atom is -0.480 e. The number of halogens is 1. The molecule has 1 aromatic rings. The zero-order valence-electron chi connectivity index (χ0n) is 11.5. The summed E-state index contributed by atoms with van der Waals surface area (Å²) >= 11 is 5.98. The molecule has 7 heteroatoms. The van der Waals surface area contributed by atoms with E-state index >= 15 is 0 Å². The van der Waals surface area contributed by atoms with E-state index in [2.05, 4.69) is 0 Å². The van der Waals surface area contributed by atoms with Crippen LogP contribution >= 0.6 is 11.6 Å². The molecule has 0 unspecified atom stereocenters. The van der Waals surface area contributed by atoms with Crippen LogP contribution in [0, 0.1) is 0 Å². The van der Waals surface area contributed by atoms with Crippen LogP contribution in [0.1, 0.15) is 10.4 Å². The molecule has 0 heterocycles. The number of benzene rings is 1. The summed E-state index contributed by atoms with van der Waals surface area (Å²) in [4.78, 5) is 25.7. The van der Waals surface area contributed by atoms with E-state index in [1.165, 1.54) is 6.07 Å². The molecule has 1 amide bonds. The van der Waals surface area contributed by atoms with Gasteiger partial charge in [0.15, 0.2) is 0 Å². The van der Waals surface area contributed by atoms with Crippen molar-refractivity contribution in [1.82, 2.24) is 4.90 Å². The molecule has 20 heavy (non-hydrogen) atoms. The molecule has 0 saturated heterocycles. The predicted octanol–water partition coefficient (Wildman–Crippen LogP) is 0.891. The zero-order valence-corrected chi connectivity index (χ0v) is 12.2. The summed E-state index contributed by atoms with van der Waals surface area (Å²) in [5.74, 6) is -1.54. The van der Waals surface area contributed by atoms with Crippen molar-refractivity contribution in [2.75, 3.05) is 38.6 Å². The molecular weight excluding hydrogens is 282 g/mol. The Morgan fingerprint density at radius 1 is 1.30 bits per heavy atom. The Morgan fingerprint density at radius 2 is 1.95 bits per heavy atom. The van der Waals surface area contributed by atoms with E-state index in [0.29, 0.717) is 18.8 Å². The third-order valence-electron chi connectivity index (χ3n) is 2.73. The quantitative estimate of drug-likeness (QED) is 0.781. The number of hydrogen-bond donors (Lipinski definition) is 2. The molecular formula is C13H18ClN3O3. The van der Waals surface area contributed by atoms with Crippen molar-refractivity contribution in [3.63, 3.8) is 0 Å². The minimum absolute atomic E-state index is 0.139. The summed E-state index contributed by atoms with van der Waals surface area (Å²) in [7, 11) is 3.81. The summed E-state index contributed by atoms with van der Waals surface area (Å²) in [6.07, 6.45) is 0. The number of amides is 1. The number of likely N-dealkylation sites (N-methyl/N-ethyl adjacent to an activating group) is 1. The molecule has 1 rings (SSSR count). The molecule has 0 aromatic heterocycles. The van der Waals surface area contributed by atoms with Gasteiger partial charge in [-0.15, -0.1) is 0 Å². The second-order valence-electron chi connectivity index (χ2n) is 4.65. The van der Waals surface area contributed by atoms with E-state index in [0.717, 1.165) is 0 Å². The Morgan fingerprint density at radius 3 is 2.40 bits per heavy atom. The summed E-state index contributed by atoms with van der Waals surface area (Å²) in [5, 5.41) is 9.18. The van der Waals surface area contributed by atoms with Gasteiger partial charge in [0, 0.05) is 18.8 Å². The Labute approximate surface area is 122 Å². The number of carbonyl (C=O) groups is 2. The normalized spacial score (nSPS) is 10.6. The zero-order chi connectivity index (χ0) is 15.3. The van der Waals surface area contributed by atoms with E-state index in [1.807, 2.05) is 19.0 Å². The van der Waals surface area contributed by atoms with Crippen LogP contribution in [-0.2, 0) is 4.79 Å². The second kappa shape index (κ2) is 7.12. The number of aliphatic carboxylic acids is 1. The number of anilines is 1. The van der Waals surface area contributed by atoms with Crippen LogP contribution in [0.4, 0.5) is 5.69 Å². The van der Waals surface area contributed by atoms with Crippen molar-refractivity contribution in [3.8, 4) is 0 Å². The lowest BCUT2D eigenvalue weighted by atomic mass is 10.2. The van der Waals surface area contributed by atoms with Crippen molar-refractivity contribution in [2.24, 2.45) is 5.73 Å². The fourth-order valence-corrected chi connectivity index (χ4v) is 1.95. The molecule has 0 aliphatic rings. The van der Waals surface area contributed by atoms with Crippen LogP contribution in [0.2, 0.25) is 5.02 Å². The maximum atomic E-state index is 11.1. The average molecular weight is 300 g/mol. The number of rotatable bonds is 7. The van der Waals surface area contributed by atoms with Gasteiger partial charge in [-0.3, -0.25) is 9.59 Å². The molecule has 0 spiro atoms. The highest BCUT2D eigenvalue weighted by Crippen LogP contribution is 2.23. The minimum atomic E-state index is -0.932. The molecule has 0 saturated carbocycles. The largest absolute Gasteiger partial charge is 0.480 e. The maximum Gasteiger partial charge on any atom is 0.323 e. The van der Waals surface area contributed by atoms with Gasteiger partial charge in [-0.05, 0) is 32.3 Å². The van der Waals surface area contributed by atoms with Gasteiger partial charge in [0.1, 0.15) is 6.54 Å². The Bertz CT molecular complexity index is 506. The van der Waals surface area contributed by atoms with Gasteiger partial charge in [0.25, 0.3) is 0 Å². The third-order valence-corrected chi connectivity index (χ3v) is 3.04. The van der Waals surface area contributed by atoms with E-state index < -0.39 is 11.9 Å². The molecule has 1 aromatic carbocycles. The Kier molecular flexibility index (Phi) is 5.79. The fraction of sp³-hybridized carbons (Fsp3) is 0.385. The summed E-state index contributed by atoms with van der Waals surface area (Å²) in [5.41, 5.74) is 6.05. The Hall–Kier alpha value is -1.79. The van der Waals surface area contributed by atoms with Gasteiger partial charge in [-0.1, -0.05) is 11.6 Å². The van der Waals surface area contributed by atoms with Crippen LogP contribution in [0.25, 0.3) is 0 Å². The molecule has 0 atom stereocenters. The molecule has 0 fully saturated rings. The monoisotopic (exact) mass is 299 g/mol. The Balaban J connectivity index is 2.97. The first-order valence-corrected chi connectivity index (χ1v) is 6.40. The highest BCUT2D eigenvalue weighted by Gasteiger charge is 2.14. The van der Waals surface area contributed by atoms with E-state index in [4.69, 9.17) is 22.4 Å². The molecule has 110 valence electrons. The molecule has 0 bridgehead atoms. The number of carboxylic acid groups (broad SMARTS) is 1. The summed E-state index contributed by atoms with van der Waals surface area (Å²) in [6.45, 7) is 1.09. The van der Waals surface area contributed by atoms with Crippen molar-refractivity contribution in [2.45, 2.75) is 0 Å². The van der Waals surface area contributed by atoms with Gasteiger partial charge in [-0.2, -0.15) is 0 Å². The smallest absolute Gasteiger partial charge is 0.323 e.